The summed E-state index contributed by atoms with van der Waals surface area (Å²) in [4.78, 5) is 21.8. The predicted molar refractivity (Wildman–Crippen MR) is 132 cm³/mol. The number of rotatable bonds is 5. The summed E-state index contributed by atoms with van der Waals surface area (Å²) in [7, 11) is -3.57. The van der Waals surface area contributed by atoms with Crippen molar-refractivity contribution >= 4 is 26.7 Å². The summed E-state index contributed by atoms with van der Waals surface area (Å²) in [6, 6.07) is 17.1. The van der Waals surface area contributed by atoms with Crippen LogP contribution in [0.15, 0.2) is 71.9 Å². The van der Waals surface area contributed by atoms with Crippen LogP contribution in [0.3, 0.4) is 0 Å². The van der Waals surface area contributed by atoms with E-state index in [2.05, 4.69) is 9.88 Å². The smallest absolute Gasteiger partial charge is 0.243 e. The molecule has 0 atom stereocenters. The molecule has 34 heavy (non-hydrogen) atoms. The number of aromatic nitrogens is 1. The summed E-state index contributed by atoms with van der Waals surface area (Å²) in [6.07, 6.45) is 4.76. The molecule has 8 heteroatoms. The Balaban J connectivity index is 1.15. The number of carbonyl (C=O) groups is 1. The summed E-state index contributed by atoms with van der Waals surface area (Å²) >= 11 is 0. The lowest BCUT2D eigenvalue weighted by atomic mass is 9.96. The number of amides is 1. The molecule has 0 bridgehead atoms. The van der Waals surface area contributed by atoms with Gasteiger partial charge in [-0.25, -0.2) is 8.42 Å². The van der Waals surface area contributed by atoms with Crippen molar-refractivity contribution in [3.8, 4) is 0 Å². The molecule has 0 radical (unpaired) electrons. The van der Waals surface area contributed by atoms with Gasteiger partial charge in [0.25, 0.3) is 0 Å². The van der Waals surface area contributed by atoms with Crippen LogP contribution < -0.4 is 0 Å². The Morgan fingerprint density at radius 3 is 2.24 bits per heavy atom. The van der Waals surface area contributed by atoms with Gasteiger partial charge in [0.1, 0.15) is 0 Å². The van der Waals surface area contributed by atoms with Gasteiger partial charge in [-0.15, -0.1) is 0 Å². The minimum atomic E-state index is -3.57. The predicted octanol–water partition coefficient (Wildman–Crippen LogP) is 2.98. The quantitative estimate of drug-likeness (QED) is 0.564. The first-order chi connectivity index (χ1) is 16.5. The number of benzene rings is 2. The average Bonchev–Trinajstić information content (AvgIpc) is 2.89. The highest BCUT2D eigenvalue weighted by molar-refractivity contribution is 7.89. The molecule has 5 rings (SSSR count). The Bertz CT molecular complexity index is 1250. The van der Waals surface area contributed by atoms with Crippen LogP contribution in [0.1, 0.15) is 18.4 Å². The summed E-state index contributed by atoms with van der Waals surface area (Å²) in [5.74, 6) is 0.0705. The highest BCUT2D eigenvalue weighted by Gasteiger charge is 2.34. The van der Waals surface area contributed by atoms with Crippen molar-refractivity contribution < 1.29 is 13.2 Å². The molecule has 3 aromatic rings. The van der Waals surface area contributed by atoms with Gasteiger partial charge >= 0.3 is 0 Å². The average molecular weight is 479 g/mol. The third kappa shape index (κ3) is 4.85. The van der Waals surface area contributed by atoms with Gasteiger partial charge in [-0.05, 0) is 53.4 Å². The molecule has 0 saturated carbocycles. The second-order valence-electron chi connectivity index (χ2n) is 9.14. The lowest BCUT2D eigenvalue weighted by Gasteiger charge is -2.38. The molecule has 1 aromatic heterocycles. The normalized spacial score (nSPS) is 18.9. The molecule has 178 valence electrons. The van der Waals surface area contributed by atoms with Gasteiger partial charge in [-0.3, -0.25) is 14.7 Å². The van der Waals surface area contributed by atoms with Crippen LogP contribution in [0, 0.1) is 5.92 Å². The maximum Gasteiger partial charge on any atom is 0.243 e. The van der Waals surface area contributed by atoms with Crippen LogP contribution in [0.2, 0.25) is 0 Å². The molecule has 0 spiro atoms. The molecule has 7 nitrogen and oxygen atoms in total. The number of piperazine rings is 1. The van der Waals surface area contributed by atoms with Gasteiger partial charge in [-0.2, -0.15) is 4.31 Å². The fourth-order valence-electron chi connectivity index (χ4n) is 4.95. The second kappa shape index (κ2) is 9.82. The van der Waals surface area contributed by atoms with Crippen LogP contribution in [0.25, 0.3) is 10.8 Å². The third-order valence-corrected chi connectivity index (χ3v) is 8.90. The fraction of sp³-hybridized carbons (Fsp3) is 0.385. The zero-order valence-electron chi connectivity index (χ0n) is 19.2. The van der Waals surface area contributed by atoms with E-state index in [9.17, 15) is 13.2 Å². The Kier molecular flexibility index (Phi) is 6.63. The minimum Gasteiger partial charge on any atom is -0.340 e. The molecule has 3 heterocycles. The lowest BCUT2D eigenvalue weighted by molar-refractivity contribution is -0.138. The minimum absolute atomic E-state index is 0.102. The molecule has 2 fully saturated rings. The topological polar surface area (TPSA) is 73.8 Å². The number of hydrogen-bond acceptors (Lipinski definition) is 5. The standard InChI is InChI=1S/C26H30N4O3S/c31-26(29-17-15-28(16-18-29)20-21-7-11-27-12-8-21)23-9-13-30(14-10-23)34(32,33)25-6-5-22-3-1-2-4-24(22)19-25/h1-8,11-12,19,23H,9-10,13-18,20H2. The largest absolute Gasteiger partial charge is 0.340 e. The number of fused-ring (bicyclic) bond motifs is 1. The van der Waals surface area contributed by atoms with E-state index in [0.29, 0.717) is 30.8 Å². The molecular formula is C26H30N4O3S. The summed E-state index contributed by atoms with van der Waals surface area (Å²) < 4.78 is 28.0. The van der Waals surface area contributed by atoms with E-state index < -0.39 is 10.0 Å². The number of hydrogen-bond donors (Lipinski definition) is 0. The fourth-order valence-corrected chi connectivity index (χ4v) is 6.46. The molecule has 0 N–H and O–H groups in total. The van der Waals surface area contributed by atoms with E-state index in [4.69, 9.17) is 0 Å². The first-order valence-corrected chi connectivity index (χ1v) is 13.3. The molecule has 2 saturated heterocycles. The maximum absolute atomic E-state index is 13.2. The lowest BCUT2D eigenvalue weighted by Crippen LogP contribution is -2.51. The number of nitrogens with zero attached hydrogens (tertiary/aromatic N) is 4. The first kappa shape index (κ1) is 23.0. The van der Waals surface area contributed by atoms with Crippen LogP contribution in [-0.4, -0.2) is 72.7 Å². The van der Waals surface area contributed by atoms with Gasteiger partial charge in [0.15, 0.2) is 0 Å². The van der Waals surface area contributed by atoms with Crippen molar-refractivity contribution in [2.45, 2.75) is 24.3 Å². The van der Waals surface area contributed by atoms with Gasteiger partial charge < -0.3 is 4.90 Å². The van der Waals surface area contributed by atoms with Crippen molar-refractivity contribution in [3.05, 3.63) is 72.6 Å². The Labute approximate surface area is 201 Å². The molecule has 1 amide bonds. The van der Waals surface area contributed by atoms with E-state index >= 15 is 0 Å². The molecule has 0 aliphatic carbocycles. The molecule has 2 aliphatic heterocycles. The zero-order valence-corrected chi connectivity index (χ0v) is 20.0. The molecule has 0 unspecified atom stereocenters. The summed E-state index contributed by atoms with van der Waals surface area (Å²) in [5.41, 5.74) is 1.23. The van der Waals surface area contributed by atoms with Gasteiger partial charge in [-0.1, -0.05) is 30.3 Å². The Morgan fingerprint density at radius 1 is 0.853 bits per heavy atom. The van der Waals surface area contributed by atoms with Crippen LogP contribution in [-0.2, 0) is 21.4 Å². The van der Waals surface area contributed by atoms with Crippen LogP contribution >= 0.6 is 0 Å². The van der Waals surface area contributed by atoms with E-state index in [0.717, 1.165) is 43.5 Å². The number of carbonyl (C=O) groups excluding carboxylic acids is 1. The van der Waals surface area contributed by atoms with Gasteiger partial charge in [0, 0.05) is 64.1 Å². The summed E-state index contributed by atoms with van der Waals surface area (Å²) in [6.45, 7) is 4.78. The molecule has 2 aliphatic rings. The Morgan fingerprint density at radius 2 is 1.53 bits per heavy atom. The number of piperidine rings is 1. The third-order valence-electron chi connectivity index (χ3n) is 7.00. The molecular weight excluding hydrogens is 448 g/mol. The maximum atomic E-state index is 13.2. The van der Waals surface area contributed by atoms with Gasteiger partial charge in [0.2, 0.25) is 15.9 Å². The van der Waals surface area contributed by atoms with Gasteiger partial charge in [0.05, 0.1) is 4.90 Å². The van der Waals surface area contributed by atoms with Crippen LogP contribution in [0.4, 0.5) is 0 Å². The van der Waals surface area contributed by atoms with Crippen molar-refractivity contribution in [2.24, 2.45) is 5.92 Å². The molecule has 2 aromatic carbocycles. The van der Waals surface area contributed by atoms with Crippen LogP contribution in [0.5, 0.6) is 0 Å². The first-order valence-electron chi connectivity index (χ1n) is 11.9. The van der Waals surface area contributed by atoms with Crippen molar-refractivity contribution in [1.82, 2.24) is 19.1 Å². The highest BCUT2D eigenvalue weighted by Crippen LogP contribution is 2.27. The van der Waals surface area contributed by atoms with E-state index in [-0.39, 0.29) is 11.8 Å². The van der Waals surface area contributed by atoms with E-state index in [1.54, 1.807) is 12.1 Å². The number of pyridine rings is 1. The van der Waals surface area contributed by atoms with Crippen molar-refractivity contribution in [1.29, 1.82) is 0 Å². The summed E-state index contributed by atoms with van der Waals surface area (Å²) in [5, 5.41) is 1.93. The second-order valence-corrected chi connectivity index (χ2v) is 11.1. The van der Waals surface area contributed by atoms with Crippen molar-refractivity contribution in [2.75, 3.05) is 39.3 Å². The van der Waals surface area contributed by atoms with Crippen molar-refractivity contribution in [3.63, 3.8) is 0 Å². The SMILES string of the molecule is O=C(C1CCN(S(=O)(=O)c2ccc3ccccc3c2)CC1)N1CCN(Cc2ccncc2)CC1. The monoisotopic (exact) mass is 478 g/mol. The Hall–Kier alpha value is -2.81. The van der Waals surface area contributed by atoms with E-state index in [1.165, 1.54) is 9.87 Å². The number of sulfonamides is 1. The highest BCUT2D eigenvalue weighted by atomic mass is 32.2. The zero-order chi connectivity index (χ0) is 23.5. The van der Waals surface area contributed by atoms with E-state index in [1.807, 2.05) is 59.8 Å².